The molecule has 1 fully saturated rings. The van der Waals surface area contributed by atoms with E-state index >= 15 is 0 Å². The van der Waals surface area contributed by atoms with Gasteiger partial charge in [0.05, 0.1) is 5.38 Å². The van der Waals surface area contributed by atoms with Gasteiger partial charge in [-0.3, -0.25) is 9.69 Å². The minimum absolute atomic E-state index is 0.0957. The predicted molar refractivity (Wildman–Crippen MR) is 55.6 cm³/mol. The second kappa shape index (κ2) is 4.05. The molecule has 0 aromatic carbocycles. The number of carboxylic acids is 1. The number of alkyl halides is 1. The SMILES string of the molecule is O=C(O)c1cncnc1N1CC(Cl)CC1=O. The standard InChI is InChI=1S/C9H8ClN3O3/c10-5-1-7(14)13(3-5)8-6(9(15)16)2-11-4-12-8/h2,4-5H,1,3H2,(H,15,16). The van der Waals surface area contributed by atoms with Gasteiger partial charge in [-0.15, -0.1) is 11.6 Å². The molecule has 0 aliphatic carbocycles. The number of nitrogens with zero attached hydrogens (tertiary/aromatic N) is 3. The first-order chi connectivity index (χ1) is 7.59. The van der Waals surface area contributed by atoms with Crippen LogP contribution in [0.25, 0.3) is 0 Å². The largest absolute Gasteiger partial charge is 0.477 e. The van der Waals surface area contributed by atoms with Crippen molar-refractivity contribution >= 4 is 29.3 Å². The highest BCUT2D eigenvalue weighted by Crippen LogP contribution is 2.24. The fourth-order valence-electron chi connectivity index (χ4n) is 1.56. The molecule has 0 saturated carbocycles. The van der Waals surface area contributed by atoms with Gasteiger partial charge >= 0.3 is 5.97 Å². The lowest BCUT2D eigenvalue weighted by molar-refractivity contribution is -0.117. The summed E-state index contributed by atoms with van der Waals surface area (Å²) < 4.78 is 0. The van der Waals surface area contributed by atoms with Crippen molar-refractivity contribution in [1.29, 1.82) is 0 Å². The van der Waals surface area contributed by atoms with Crippen molar-refractivity contribution in [2.24, 2.45) is 0 Å². The quantitative estimate of drug-likeness (QED) is 0.763. The van der Waals surface area contributed by atoms with Crippen LogP contribution in [-0.4, -0.2) is 38.9 Å². The molecule has 16 heavy (non-hydrogen) atoms. The number of hydrogen-bond donors (Lipinski definition) is 1. The monoisotopic (exact) mass is 241 g/mol. The first-order valence-electron chi connectivity index (χ1n) is 4.57. The lowest BCUT2D eigenvalue weighted by Gasteiger charge is -2.15. The fraction of sp³-hybridized carbons (Fsp3) is 0.333. The molecule has 1 aliphatic rings. The summed E-state index contributed by atoms with van der Waals surface area (Å²) in [4.78, 5) is 31.2. The molecule has 0 radical (unpaired) electrons. The number of anilines is 1. The van der Waals surface area contributed by atoms with Crippen LogP contribution in [0.4, 0.5) is 5.82 Å². The average molecular weight is 242 g/mol. The van der Waals surface area contributed by atoms with E-state index in [0.29, 0.717) is 0 Å². The second-order valence-corrected chi connectivity index (χ2v) is 3.99. The highest BCUT2D eigenvalue weighted by Gasteiger charge is 2.32. The highest BCUT2D eigenvalue weighted by molar-refractivity contribution is 6.24. The van der Waals surface area contributed by atoms with Gasteiger partial charge in [-0.05, 0) is 0 Å². The summed E-state index contributed by atoms with van der Waals surface area (Å²) in [7, 11) is 0. The first-order valence-corrected chi connectivity index (χ1v) is 5.01. The molecular weight excluding hydrogens is 234 g/mol. The van der Waals surface area contributed by atoms with Crippen molar-refractivity contribution in [3.8, 4) is 0 Å². The molecule has 1 aliphatic heterocycles. The minimum atomic E-state index is -1.17. The van der Waals surface area contributed by atoms with Gasteiger partial charge in [0.2, 0.25) is 5.91 Å². The molecule has 1 saturated heterocycles. The van der Waals surface area contributed by atoms with Gasteiger partial charge in [-0.1, -0.05) is 0 Å². The summed E-state index contributed by atoms with van der Waals surface area (Å²) in [6.45, 7) is 0.275. The second-order valence-electron chi connectivity index (χ2n) is 3.37. The molecule has 1 aromatic rings. The van der Waals surface area contributed by atoms with E-state index in [-0.39, 0.29) is 35.6 Å². The molecule has 84 valence electrons. The van der Waals surface area contributed by atoms with Crippen molar-refractivity contribution in [1.82, 2.24) is 9.97 Å². The Labute approximate surface area is 95.9 Å². The van der Waals surface area contributed by atoms with Crippen molar-refractivity contribution in [2.45, 2.75) is 11.8 Å². The Balaban J connectivity index is 2.40. The Kier molecular flexibility index (Phi) is 2.74. The van der Waals surface area contributed by atoms with Crippen molar-refractivity contribution in [2.75, 3.05) is 11.4 Å². The topological polar surface area (TPSA) is 83.4 Å². The number of carbonyl (C=O) groups is 2. The number of hydrogen-bond acceptors (Lipinski definition) is 4. The van der Waals surface area contributed by atoms with Gasteiger partial charge in [0, 0.05) is 19.2 Å². The maximum absolute atomic E-state index is 11.5. The lowest BCUT2D eigenvalue weighted by Crippen LogP contribution is -2.27. The molecule has 1 unspecified atom stereocenters. The number of amides is 1. The molecule has 1 atom stereocenters. The summed E-state index contributed by atoms with van der Waals surface area (Å²) in [6, 6.07) is 0. The third-order valence-electron chi connectivity index (χ3n) is 2.26. The summed E-state index contributed by atoms with van der Waals surface area (Å²) >= 11 is 5.83. The smallest absolute Gasteiger partial charge is 0.341 e. The number of carboxylic acid groups (broad SMARTS) is 1. The molecule has 0 spiro atoms. The number of carbonyl (C=O) groups excluding carboxylic acids is 1. The number of halogens is 1. The van der Waals surface area contributed by atoms with Crippen LogP contribution in [0, 0.1) is 0 Å². The van der Waals surface area contributed by atoms with Gasteiger partial charge in [-0.2, -0.15) is 0 Å². The zero-order chi connectivity index (χ0) is 11.7. The third-order valence-corrected chi connectivity index (χ3v) is 2.55. The third kappa shape index (κ3) is 1.83. The van der Waals surface area contributed by atoms with E-state index in [4.69, 9.17) is 16.7 Å². The van der Waals surface area contributed by atoms with Crippen LogP contribution in [0.3, 0.4) is 0 Å². The Morgan fingerprint density at radius 2 is 2.38 bits per heavy atom. The Morgan fingerprint density at radius 1 is 1.62 bits per heavy atom. The molecule has 7 heteroatoms. The van der Waals surface area contributed by atoms with Crippen molar-refractivity contribution in [3.63, 3.8) is 0 Å². The summed E-state index contributed by atoms with van der Waals surface area (Å²) in [5.41, 5.74) is -0.0957. The van der Waals surface area contributed by atoms with Crippen molar-refractivity contribution < 1.29 is 14.7 Å². The van der Waals surface area contributed by atoms with Gasteiger partial charge in [0.15, 0.2) is 5.82 Å². The summed E-state index contributed by atoms with van der Waals surface area (Å²) in [5.74, 6) is -1.28. The van der Waals surface area contributed by atoms with Crippen LogP contribution in [0.1, 0.15) is 16.8 Å². The molecule has 0 bridgehead atoms. The normalized spacial score (nSPS) is 20.2. The molecule has 6 nitrogen and oxygen atoms in total. The van der Waals surface area contributed by atoms with E-state index in [1.54, 1.807) is 0 Å². The van der Waals surface area contributed by atoms with Crippen molar-refractivity contribution in [3.05, 3.63) is 18.1 Å². The van der Waals surface area contributed by atoms with Crippen LogP contribution < -0.4 is 4.90 Å². The average Bonchev–Trinajstić information content (AvgIpc) is 2.57. The van der Waals surface area contributed by atoms with Gasteiger partial charge in [-0.25, -0.2) is 14.8 Å². The van der Waals surface area contributed by atoms with E-state index < -0.39 is 5.97 Å². The van der Waals surface area contributed by atoms with Gasteiger partial charge in [0.1, 0.15) is 11.9 Å². The van der Waals surface area contributed by atoms with E-state index in [1.165, 1.54) is 17.4 Å². The predicted octanol–water partition coefficient (Wildman–Crippen LogP) is 0.519. The molecule has 2 rings (SSSR count). The van der Waals surface area contributed by atoms with Crippen LogP contribution in [0.15, 0.2) is 12.5 Å². The van der Waals surface area contributed by atoms with Gasteiger partial charge < -0.3 is 5.11 Å². The minimum Gasteiger partial charge on any atom is -0.477 e. The zero-order valence-corrected chi connectivity index (χ0v) is 8.89. The summed E-state index contributed by atoms with van der Waals surface area (Å²) in [6.07, 6.45) is 2.57. The molecule has 1 amide bonds. The molecular formula is C9H8ClN3O3. The van der Waals surface area contributed by atoms with E-state index in [2.05, 4.69) is 9.97 Å². The van der Waals surface area contributed by atoms with Crippen LogP contribution in [-0.2, 0) is 4.79 Å². The fourth-order valence-corrected chi connectivity index (χ4v) is 1.83. The Hall–Kier alpha value is -1.69. The van der Waals surface area contributed by atoms with E-state index in [0.717, 1.165) is 0 Å². The number of aromatic nitrogens is 2. The lowest BCUT2D eigenvalue weighted by atomic mass is 10.3. The van der Waals surface area contributed by atoms with E-state index in [1.807, 2.05) is 0 Å². The van der Waals surface area contributed by atoms with E-state index in [9.17, 15) is 9.59 Å². The molecule has 2 heterocycles. The number of rotatable bonds is 2. The molecule has 1 aromatic heterocycles. The number of aromatic carboxylic acids is 1. The Bertz CT molecular complexity index is 451. The van der Waals surface area contributed by atoms with Crippen LogP contribution in [0.5, 0.6) is 0 Å². The first kappa shape index (κ1) is 10.8. The Morgan fingerprint density at radius 3 is 2.94 bits per heavy atom. The maximum atomic E-state index is 11.5. The van der Waals surface area contributed by atoms with Gasteiger partial charge in [0.25, 0.3) is 0 Å². The summed E-state index contributed by atoms with van der Waals surface area (Å²) in [5, 5.41) is 8.63. The zero-order valence-electron chi connectivity index (χ0n) is 8.13. The maximum Gasteiger partial charge on any atom is 0.341 e. The van der Waals surface area contributed by atoms with Crippen LogP contribution >= 0.6 is 11.6 Å². The van der Waals surface area contributed by atoms with Crippen LogP contribution in [0.2, 0.25) is 0 Å². The molecule has 1 N–H and O–H groups in total. The highest BCUT2D eigenvalue weighted by atomic mass is 35.5.